The summed E-state index contributed by atoms with van der Waals surface area (Å²) in [5, 5.41) is 0. The van der Waals surface area contributed by atoms with E-state index in [9.17, 15) is 14.4 Å². The van der Waals surface area contributed by atoms with Crippen LogP contribution in [0.25, 0.3) is 0 Å². The van der Waals surface area contributed by atoms with Gasteiger partial charge in [-0.05, 0) is 38.0 Å². The standard InChI is InChI=1S/C17H28N2O4/c1-4-23-17(22)14-5-7-18(8-6-14)15(20)16(21)19-10-12(2)9-13(3)11-19/h12-14H,4-11H2,1-3H3. The number of rotatable bonds is 2. The zero-order chi connectivity index (χ0) is 17.0. The maximum Gasteiger partial charge on any atom is 0.312 e. The molecular formula is C17H28N2O4. The van der Waals surface area contributed by atoms with Crippen molar-refractivity contribution in [3.8, 4) is 0 Å². The lowest BCUT2D eigenvalue weighted by molar-refractivity contribution is -0.156. The van der Waals surface area contributed by atoms with Gasteiger partial charge in [-0.15, -0.1) is 0 Å². The van der Waals surface area contributed by atoms with Crippen LogP contribution in [0.15, 0.2) is 0 Å². The maximum atomic E-state index is 12.4. The fourth-order valence-corrected chi connectivity index (χ4v) is 3.68. The number of esters is 1. The summed E-state index contributed by atoms with van der Waals surface area (Å²) >= 11 is 0. The van der Waals surface area contributed by atoms with Gasteiger partial charge in [-0.25, -0.2) is 0 Å². The highest BCUT2D eigenvalue weighted by molar-refractivity contribution is 6.34. The molecule has 6 nitrogen and oxygen atoms in total. The number of likely N-dealkylation sites (tertiary alicyclic amines) is 2. The van der Waals surface area contributed by atoms with Crippen molar-refractivity contribution < 1.29 is 19.1 Å². The SMILES string of the molecule is CCOC(=O)C1CCN(C(=O)C(=O)N2CC(C)CC(C)C2)CC1. The minimum Gasteiger partial charge on any atom is -0.466 e. The van der Waals surface area contributed by atoms with Gasteiger partial charge in [-0.3, -0.25) is 14.4 Å². The molecule has 0 saturated carbocycles. The van der Waals surface area contributed by atoms with Gasteiger partial charge in [0, 0.05) is 26.2 Å². The van der Waals surface area contributed by atoms with E-state index in [0.717, 1.165) is 6.42 Å². The summed E-state index contributed by atoms with van der Waals surface area (Å²) in [6.07, 6.45) is 2.25. The minimum absolute atomic E-state index is 0.149. The average Bonchev–Trinajstić information content (AvgIpc) is 2.53. The summed E-state index contributed by atoms with van der Waals surface area (Å²) in [7, 11) is 0. The quantitative estimate of drug-likeness (QED) is 0.567. The Morgan fingerprint density at radius 3 is 2.00 bits per heavy atom. The van der Waals surface area contributed by atoms with Gasteiger partial charge in [0.05, 0.1) is 12.5 Å². The molecule has 130 valence electrons. The number of carbonyl (C=O) groups is 3. The van der Waals surface area contributed by atoms with Gasteiger partial charge in [-0.2, -0.15) is 0 Å². The van der Waals surface area contributed by atoms with E-state index >= 15 is 0 Å². The van der Waals surface area contributed by atoms with Crippen LogP contribution >= 0.6 is 0 Å². The summed E-state index contributed by atoms with van der Waals surface area (Å²) in [4.78, 5) is 39.9. The van der Waals surface area contributed by atoms with Crippen molar-refractivity contribution in [1.29, 1.82) is 0 Å². The molecule has 0 aliphatic carbocycles. The number of hydrogen-bond donors (Lipinski definition) is 0. The zero-order valence-electron chi connectivity index (χ0n) is 14.4. The maximum absolute atomic E-state index is 12.4. The van der Waals surface area contributed by atoms with Crippen LogP contribution < -0.4 is 0 Å². The van der Waals surface area contributed by atoms with E-state index in [2.05, 4.69) is 13.8 Å². The first-order chi connectivity index (χ1) is 10.9. The van der Waals surface area contributed by atoms with Crippen molar-refractivity contribution in [2.24, 2.45) is 17.8 Å². The normalized spacial score (nSPS) is 26.0. The van der Waals surface area contributed by atoms with E-state index in [0.29, 0.717) is 57.5 Å². The van der Waals surface area contributed by atoms with Crippen molar-refractivity contribution in [2.45, 2.75) is 40.0 Å². The highest BCUT2D eigenvalue weighted by Gasteiger charge is 2.34. The first-order valence-electron chi connectivity index (χ1n) is 8.67. The Morgan fingerprint density at radius 1 is 0.957 bits per heavy atom. The van der Waals surface area contributed by atoms with E-state index < -0.39 is 11.8 Å². The molecule has 23 heavy (non-hydrogen) atoms. The van der Waals surface area contributed by atoms with Gasteiger partial charge in [0.2, 0.25) is 0 Å². The van der Waals surface area contributed by atoms with Crippen molar-refractivity contribution in [2.75, 3.05) is 32.8 Å². The van der Waals surface area contributed by atoms with Crippen LogP contribution in [-0.2, 0) is 19.1 Å². The molecule has 0 aromatic carbocycles. The smallest absolute Gasteiger partial charge is 0.312 e. The Kier molecular flexibility index (Phi) is 6.02. The third-order valence-corrected chi connectivity index (χ3v) is 4.74. The predicted molar refractivity (Wildman–Crippen MR) is 85.5 cm³/mol. The molecule has 0 bridgehead atoms. The van der Waals surface area contributed by atoms with E-state index in [-0.39, 0.29) is 11.9 Å². The molecule has 2 heterocycles. The molecule has 2 unspecified atom stereocenters. The summed E-state index contributed by atoms with van der Waals surface area (Å²) in [5.74, 6) is -0.282. The lowest BCUT2D eigenvalue weighted by Gasteiger charge is -2.36. The highest BCUT2D eigenvalue weighted by atomic mass is 16.5. The zero-order valence-corrected chi connectivity index (χ0v) is 14.4. The van der Waals surface area contributed by atoms with Crippen LogP contribution in [-0.4, -0.2) is 60.4 Å². The molecule has 2 saturated heterocycles. The van der Waals surface area contributed by atoms with E-state index in [1.807, 2.05) is 0 Å². The van der Waals surface area contributed by atoms with Gasteiger partial charge in [0.25, 0.3) is 0 Å². The third-order valence-electron chi connectivity index (χ3n) is 4.74. The summed E-state index contributed by atoms with van der Waals surface area (Å²) in [6.45, 7) is 8.62. The van der Waals surface area contributed by atoms with Gasteiger partial charge >= 0.3 is 17.8 Å². The van der Waals surface area contributed by atoms with Crippen molar-refractivity contribution >= 4 is 17.8 Å². The highest BCUT2D eigenvalue weighted by Crippen LogP contribution is 2.23. The van der Waals surface area contributed by atoms with Crippen LogP contribution in [0.4, 0.5) is 0 Å². The average molecular weight is 324 g/mol. The Morgan fingerprint density at radius 2 is 1.48 bits per heavy atom. The third kappa shape index (κ3) is 4.45. The number of amides is 2. The first-order valence-corrected chi connectivity index (χ1v) is 8.67. The van der Waals surface area contributed by atoms with Gasteiger partial charge in [-0.1, -0.05) is 13.8 Å². The largest absolute Gasteiger partial charge is 0.466 e. The molecule has 0 aromatic rings. The molecule has 0 aromatic heterocycles. The molecule has 2 fully saturated rings. The number of ether oxygens (including phenoxy) is 1. The Labute approximate surface area is 138 Å². The lowest BCUT2D eigenvalue weighted by atomic mass is 9.91. The van der Waals surface area contributed by atoms with Gasteiger partial charge in [0.15, 0.2) is 0 Å². The van der Waals surface area contributed by atoms with E-state index in [4.69, 9.17) is 4.74 Å². The fourth-order valence-electron chi connectivity index (χ4n) is 3.68. The molecule has 0 radical (unpaired) electrons. The molecular weight excluding hydrogens is 296 g/mol. The second kappa shape index (κ2) is 7.79. The monoisotopic (exact) mass is 324 g/mol. The van der Waals surface area contributed by atoms with Crippen LogP contribution in [0.1, 0.15) is 40.0 Å². The van der Waals surface area contributed by atoms with Crippen molar-refractivity contribution in [3.05, 3.63) is 0 Å². The van der Waals surface area contributed by atoms with Gasteiger partial charge < -0.3 is 14.5 Å². The van der Waals surface area contributed by atoms with Crippen LogP contribution in [0.5, 0.6) is 0 Å². The molecule has 2 atom stereocenters. The summed E-state index contributed by atoms with van der Waals surface area (Å²) in [6, 6.07) is 0. The molecule has 0 N–H and O–H groups in total. The number of piperidine rings is 2. The Hall–Kier alpha value is -1.59. The van der Waals surface area contributed by atoms with Crippen molar-refractivity contribution in [1.82, 2.24) is 9.80 Å². The molecule has 2 aliphatic rings. The Balaban J connectivity index is 1.87. The molecule has 2 rings (SSSR count). The molecule has 2 aliphatic heterocycles. The Bertz CT molecular complexity index is 448. The fraction of sp³-hybridized carbons (Fsp3) is 0.824. The van der Waals surface area contributed by atoms with Crippen LogP contribution in [0.3, 0.4) is 0 Å². The number of hydrogen-bond acceptors (Lipinski definition) is 4. The van der Waals surface area contributed by atoms with Crippen molar-refractivity contribution in [3.63, 3.8) is 0 Å². The molecule has 0 spiro atoms. The van der Waals surface area contributed by atoms with Crippen LogP contribution in [0.2, 0.25) is 0 Å². The van der Waals surface area contributed by atoms with Gasteiger partial charge in [0.1, 0.15) is 0 Å². The van der Waals surface area contributed by atoms with E-state index in [1.54, 1.807) is 16.7 Å². The number of nitrogens with zero attached hydrogens (tertiary/aromatic N) is 2. The molecule has 6 heteroatoms. The number of carbonyl (C=O) groups excluding carboxylic acids is 3. The van der Waals surface area contributed by atoms with Crippen LogP contribution in [0, 0.1) is 17.8 Å². The topological polar surface area (TPSA) is 66.9 Å². The second-order valence-corrected chi connectivity index (χ2v) is 6.97. The first kappa shape index (κ1) is 17.8. The lowest BCUT2D eigenvalue weighted by Crippen LogP contribution is -2.52. The second-order valence-electron chi connectivity index (χ2n) is 6.97. The van der Waals surface area contributed by atoms with E-state index in [1.165, 1.54) is 0 Å². The minimum atomic E-state index is -0.423. The predicted octanol–water partition coefficient (Wildman–Crippen LogP) is 1.29. The molecule has 2 amide bonds. The summed E-state index contributed by atoms with van der Waals surface area (Å²) < 4.78 is 5.03. The summed E-state index contributed by atoms with van der Waals surface area (Å²) in [5.41, 5.74) is 0.